The number of hydrogen-bond donors (Lipinski definition) is 2. The fraction of sp³-hybridized carbons (Fsp3) is 0.667. The predicted molar refractivity (Wildman–Crippen MR) is 108 cm³/mol. The molecule has 0 radical (unpaired) electrons. The molecule has 1 heterocycles. The van der Waals surface area contributed by atoms with E-state index in [2.05, 4.69) is 40.5 Å². The summed E-state index contributed by atoms with van der Waals surface area (Å²) in [5.41, 5.74) is 2.61. The first-order valence-electron chi connectivity index (χ1n) is 8.69. The highest BCUT2D eigenvalue weighted by Crippen LogP contribution is 2.57. The summed E-state index contributed by atoms with van der Waals surface area (Å²) in [6, 6.07) is 4.53. The van der Waals surface area contributed by atoms with Gasteiger partial charge in [0.15, 0.2) is 5.96 Å². The molecular formula is C18H29IN4O. The van der Waals surface area contributed by atoms with Crippen LogP contribution in [0, 0.1) is 12.3 Å². The Morgan fingerprint density at radius 1 is 1.46 bits per heavy atom. The first-order chi connectivity index (χ1) is 11.2. The first kappa shape index (κ1) is 19.4. The van der Waals surface area contributed by atoms with Crippen molar-refractivity contribution < 1.29 is 4.74 Å². The molecule has 1 spiro atoms. The third-order valence-electron chi connectivity index (χ3n) is 5.51. The van der Waals surface area contributed by atoms with Crippen molar-refractivity contribution in [3.8, 4) is 0 Å². The SMILES string of the molecule is CCOC1CC(NC(=NC)NCc2ncccc2C)C12CCC2.I. The predicted octanol–water partition coefficient (Wildman–Crippen LogP) is 3.02. The second-order valence-corrected chi connectivity index (χ2v) is 6.66. The van der Waals surface area contributed by atoms with E-state index in [0.717, 1.165) is 24.7 Å². The molecule has 2 N–H and O–H groups in total. The van der Waals surface area contributed by atoms with Crippen LogP contribution in [-0.2, 0) is 11.3 Å². The van der Waals surface area contributed by atoms with Gasteiger partial charge in [-0.2, -0.15) is 0 Å². The van der Waals surface area contributed by atoms with Crippen LogP contribution in [0.25, 0.3) is 0 Å². The number of nitrogens with one attached hydrogen (secondary N) is 2. The molecule has 2 aliphatic rings. The molecule has 1 aromatic rings. The van der Waals surface area contributed by atoms with Gasteiger partial charge in [-0.1, -0.05) is 12.5 Å². The maximum Gasteiger partial charge on any atom is 0.191 e. The molecule has 0 aliphatic heterocycles. The molecule has 1 aromatic heterocycles. The second-order valence-electron chi connectivity index (χ2n) is 6.66. The summed E-state index contributed by atoms with van der Waals surface area (Å²) in [4.78, 5) is 8.80. The zero-order valence-electron chi connectivity index (χ0n) is 14.8. The summed E-state index contributed by atoms with van der Waals surface area (Å²) in [7, 11) is 1.83. The molecule has 6 heteroatoms. The molecule has 2 aliphatic carbocycles. The number of halogens is 1. The Balaban J connectivity index is 0.00000208. The molecule has 0 amide bonds. The van der Waals surface area contributed by atoms with Gasteiger partial charge in [-0.25, -0.2) is 0 Å². The van der Waals surface area contributed by atoms with E-state index in [9.17, 15) is 0 Å². The number of rotatable bonds is 5. The minimum atomic E-state index is 0. The van der Waals surface area contributed by atoms with Crippen LogP contribution in [0.5, 0.6) is 0 Å². The molecule has 2 saturated carbocycles. The van der Waals surface area contributed by atoms with Crippen molar-refractivity contribution in [2.75, 3.05) is 13.7 Å². The minimum absolute atomic E-state index is 0. The molecule has 0 bridgehead atoms. The van der Waals surface area contributed by atoms with Crippen molar-refractivity contribution in [3.63, 3.8) is 0 Å². The fourth-order valence-electron chi connectivity index (χ4n) is 3.87. The smallest absolute Gasteiger partial charge is 0.191 e. The highest BCUT2D eigenvalue weighted by molar-refractivity contribution is 14.0. The molecular weight excluding hydrogens is 415 g/mol. The molecule has 5 nitrogen and oxygen atoms in total. The highest BCUT2D eigenvalue weighted by atomic mass is 127. The summed E-state index contributed by atoms with van der Waals surface area (Å²) in [5.74, 6) is 0.862. The summed E-state index contributed by atoms with van der Waals surface area (Å²) >= 11 is 0. The Hall–Kier alpha value is -0.890. The largest absolute Gasteiger partial charge is 0.378 e. The summed E-state index contributed by atoms with van der Waals surface area (Å²) < 4.78 is 5.92. The average Bonchev–Trinajstić information content (AvgIpc) is 2.49. The van der Waals surface area contributed by atoms with Crippen LogP contribution in [0.2, 0.25) is 0 Å². The zero-order valence-corrected chi connectivity index (χ0v) is 17.2. The van der Waals surface area contributed by atoms with Crippen LogP contribution < -0.4 is 10.6 Å². The monoisotopic (exact) mass is 444 g/mol. The standard InChI is InChI=1S/C18H28N4O.HI/c1-4-23-16-11-15(18(16)8-6-9-18)22-17(19-3)21-12-14-13(2)7-5-10-20-14;/h5,7,10,15-16H,4,6,8-9,11-12H2,1-3H3,(H2,19,21,22);1H. The van der Waals surface area contributed by atoms with Crippen LogP contribution in [0.4, 0.5) is 0 Å². The van der Waals surface area contributed by atoms with Gasteiger partial charge in [-0.05, 0) is 44.7 Å². The molecule has 2 fully saturated rings. The maximum atomic E-state index is 5.92. The van der Waals surface area contributed by atoms with E-state index in [0.29, 0.717) is 24.1 Å². The lowest BCUT2D eigenvalue weighted by Crippen LogP contribution is -2.68. The maximum absolute atomic E-state index is 5.92. The molecule has 2 unspecified atom stereocenters. The lowest BCUT2D eigenvalue weighted by Gasteiger charge is -2.61. The normalized spacial score (nSPS) is 24.5. The third-order valence-corrected chi connectivity index (χ3v) is 5.51. The fourth-order valence-corrected chi connectivity index (χ4v) is 3.87. The Morgan fingerprint density at radius 2 is 2.25 bits per heavy atom. The van der Waals surface area contributed by atoms with E-state index in [1.807, 2.05) is 19.3 Å². The van der Waals surface area contributed by atoms with Crippen molar-refractivity contribution in [3.05, 3.63) is 29.6 Å². The summed E-state index contributed by atoms with van der Waals surface area (Å²) in [6.07, 6.45) is 7.20. The number of nitrogens with zero attached hydrogens (tertiary/aromatic N) is 2. The third kappa shape index (κ3) is 3.69. The van der Waals surface area contributed by atoms with E-state index in [1.54, 1.807) is 0 Å². The van der Waals surface area contributed by atoms with Gasteiger partial charge >= 0.3 is 0 Å². The van der Waals surface area contributed by atoms with Gasteiger partial charge in [0.25, 0.3) is 0 Å². The number of aryl methyl sites for hydroxylation is 1. The van der Waals surface area contributed by atoms with E-state index < -0.39 is 0 Å². The van der Waals surface area contributed by atoms with Crippen molar-refractivity contribution in [1.82, 2.24) is 15.6 Å². The van der Waals surface area contributed by atoms with Gasteiger partial charge in [-0.3, -0.25) is 9.98 Å². The average molecular weight is 444 g/mol. The number of hydrogen-bond acceptors (Lipinski definition) is 3. The van der Waals surface area contributed by atoms with Crippen LogP contribution >= 0.6 is 24.0 Å². The van der Waals surface area contributed by atoms with Gasteiger partial charge < -0.3 is 15.4 Å². The molecule has 24 heavy (non-hydrogen) atoms. The topological polar surface area (TPSA) is 58.5 Å². The number of aromatic nitrogens is 1. The van der Waals surface area contributed by atoms with Gasteiger partial charge in [-0.15, -0.1) is 24.0 Å². The molecule has 0 saturated heterocycles. The minimum Gasteiger partial charge on any atom is -0.378 e. The van der Waals surface area contributed by atoms with Gasteiger partial charge in [0.05, 0.1) is 18.3 Å². The molecule has 0 aromatic carbocycles. The first-order valence-corrected chi connectivity index (χ1v) is 8.69. The lowest BCUT2D eigenvalue weighted by atomic mass is 9.51. The van der Waals surface area contributed by atoms with E-state index in [-0.39, 0.29) is 24.0 Å². The summed E-state index contributed by atoms with van der Waals surface area (Å²) in [5, 5.41) is 7.00. The van der Waals surface area contributed by atoms with Crippen LogP contribution in [0.1, 0.15) is 43.9 Å². The molecule has 134 valence electrons. The number of aliphatic imine (C=N–C) groups is 1. The quantitative estimate of drug-likeness (QED) is 0.417. The van der Waals surface area contributed by atoms with Gasteiger partial charge in [0.2, 0.25) is 0 Å². The summed E-state index contributed by atoms with van der Waals surface area (Å²) in [6.45, 7) is 5.68. The Morgan fingerprint density at radius 3 is 2.83 bits per heavy atom. The van der Waals surface area contributed by atoms with Gasteiger partial charge in [0.1, 0.15) is 0 Å². The van der Waals surface area contributed by atoms with Crippen molar-refractivity contribution in [2.45, 2.75) is 58.2 Å². The Kier molecular flexibility index (Phi) is 6.86. The van der Waals surface area contributed by atoms with Crippen LogP contribution in [-0.4, -0.2) is 36.7 Å². The van der Waals surface area contributed by atoms with Gasteiger partial charge in [0, 0.05) is 31.3 Å². The Bertz CT molecular complexity index is 574. The molecule has 3 rings (SSSR count). The number of pyridine rings is 1. The van der Waals surface area contributed by atoms with Crippen molar-refractivity contribution >= 4 is 29.9 Å². The second kappa shape index (κ2) is 8.47. The highest BCUT2D eigenvalue weighted by Gasteiger charge is 2.59. The van der Waals surface area contributed by atoms with E-state index in [4.69, 9.17) is 4.74 Å². The number of ether oxygens (including phenoxy) is 1. The molecule has 2 atom stereocenters. The zero-order chi connectivity index (χ0) is 16.3. The number of guanidine groups is 1. The van der Waals surface area contributed by atoms with E-state index >= 15 is 0 Å². The Labute approximate surface area is 162 Å². The lowest BCUT2D eigenvalue weighted by molar-refractivity contribution is -0.168. The van der Waals surface area contributed by atoms with Crippen molar-refractivity contribution in [1.29, 1.82) is 0 Å². The van der Waals surface area contributed by atoms with Crippen molar-refractivity contribution in [2.24, 2.45) is 10.4 Å². The van der Waals surface area contributed by atoms with Crippen LogP contribution in [0.3, 0.4) is 0 Å². The van der Waals surface area contributed by atoms with E-state index in [1.165, 1.54) is 24.8 Å². The van der Waals surface area contributed by atoms with Crippen LogP contribution in [0.15, 0.2) is 23.3 Å².